The molecule has 0 fully saturated rings. The number of aliphatic hydroxyl groups is 1. The Morgan fingerprint density at radius 2 is 2.14 bits per heavy atom. The maximum atomic E-state index is 11.0. The molecule has 21 heavy (non-hydrogen) atoms. The van der Waals surface area contributed by atoms with Crippen LogP contribution in [0.2, 0.25) is 0 Å². The van der Waals surface area contributed by atoms with Gasteiger partial charge in [-0.05, 0) is 17.5 Å². The van der Waals surface area contributed by atoms with E-state index < -0.39 is 0 Å². The van der Waals surface area contributed by atoms with Crippen LogP contribution >= 0.6 is 23.1 Å². The lowest BCUT2D eigenvalue weighted by atomic mass is 10.2. The van der Waals surface area contributed by atoms with Gasteiger partial charge in [-0.3, -0.25) is 10.1 Å². The summed E-state index contributed by atoms with van der Waals surface area (Å²) in [4.78, 5) is 12.4. The monoisotopic (exact) mass is 319 g/mol. The second-order valence-corrected chi connectivity index (χ2v) is 6.06. The first-order chi connectivity index (χ1) is 10.2. The minimum absolute atomic E-state index is 0.0530. The summed E-state index contributed by atoms with van der Waals surface area (Å²) in [6.07, 6.45) is 0.451. The van der Waals surface area contributed by atoms with E-state index in [0.29, 0.717) is 17.1 Å². The van der Waals surface area contributed by atoms with Gasteiger partial charge in [-0.15, -0.1) is 23.1 Å². The number of hydrogen-bond acceptors (Lipinski definition) is 5. The lowest BCUT2D eigenvalue weighted by Crippen LogP contribution is -1.90. The summed E-state index contributed by atoms with van der Waals surface area (Å²) >= 11 is 3.02. The summed E-state index contributed by atoms with van der Waals surface area (Å²) in [5.74, 6) is 6.56. The van der Waals surface area contributed by atoms with E-state index in [9.17, 15) is 10.1 Å². The molecule has 0 aliphatic heterocycles. The number of rotatable bonds is 5. The highest BCUT2D eigenvalue weighted by atomic mass is 32.2. The van der Waals surface area contributed by atoms with Crippen LogP contribution in [-0.2, 0) is 5.75 Å². The lowest BCUT2D eigenvalue weighted by Gasteiger charge is -2.02. The van der Waals surface area contributed by atoms with Crippen LogP contribution in [0.4, 0.5) is 5.69 Å². The fourth-order valence-corrected chi connectivity index (χ4v) is 3.62. The van der Waals surface area contributed by atoms with E-state index in [2.05, 4.69) is 11.8 Å². The fraction of sp³-hybridized carbons (Fsp3) is 0.200. The molecular formula is C15H13NO3S2. The molecule has 1 aromatic carbocycles. The van der Waals surface area contributed by atoms with Crippen LogP contribution in [0, 0.1) is 22.0 Å². The second kappa shape index (κ2) is 7.84. The molecule has 1 aromatic heterocycles. The Balaban J connectivity index is 2.10. The molecule has 0 aliphatic carbocycles. The Morgan fingerprint density at radius 3 is 2.90 bits per heavy atom. The molecule has 0 saturated heterocycles. The van der Waals surface area contributed by atoms with Crippen molar-refractivity contribution in [2.75, 3.05) is 6.61 Å². The van der Waals surface area contributed by atoms with Gasteiger partial charge in [0.25, 0.3) is 5.69 Å². The zero-order chi connectivity index (χ0) is 15.1. The average Bonchev–Trinajstić information content (AvgIpc) is 2.93. The largest absolute Gasteiger partial charge is 0.395 e. The van der Waals surface area contributed by atoms with Crippen molar-refractivity contribution in [2.45, 2.75) is 17.1 Å². The van der Waals surface area contributed by atoms with Gasteiger partial charge >= 0.3 is 0 Å². The number of nitrogens with zero attached hydrogens (tertiary/aromatic N) is 1. The number of thioether (sulfide) groups is 1. The van der Waals surface area contributed by atoms with Gasteiger partial charge < -0.3 is 5.11 Å². The predicted octanol–water partition coefficient (Wildman–Crippen LogP) is 3.68. The fourth-order valence-electron chi connectivity index (χ4n) is 1.65. The lowest BCUT2D eigenvalue weighted by molar-refractivity contribution is -0.387. The number of hydrogen-bond donors (Lipinski definition) is 1. The molecule has 108 valence electrons. The van der Waals surface area contributed by atoms with Crippen LogP contribution in [0.15, 0.2) is 40.6 Å². The van der Waals surface area contributed by atoms with E-state index in [1.807, 2.05) is 11.4 Å². The molecule has 2 rings (SSSR count). The molecule has 0 radical (unpaired) electrons. The van der Waals surface area contributed by atoms with Gasteiger partial charge in [0.2, 0.25) is 0 Å². The maximum Gasteiger partial charge on any atom is 0.282 e. The molecule has 1 N–H and O–H groups in total. The van der Waals surface area contributed by atoms with Gasteiger partial charge in [0.15, 0.2) is 0 Å². The topological polar surface area (TPSA) is 63.4 Å². The Morgan fingerprint density at radius 1 is 1.33 bits per heavy atom. The molecule has 0 spiro atoms. The Kier molecular flexibility index (Phi) is 5.81. The second-order valence-electron chi connectivity index (χ2n) is 4.05. The van der Waals surface area contributed by atoms with Crippen molar-refractivity contribution in [3.05, 3.63) is 56.3 Å². The van der Waals surface area contributed by atoms with Crippen LogP contribution in [0.5, 0.6) is 0 Å². The quantitative estimate of drug-likeness (QED) is 0.395. The summed E-state index contributed by atoms with van der Waals surface area (Å²) in [5, 5.41) is 21.7. The molecule has 2 aromatic rings. The number of para-hydroxylation sites is 1. The minimum Gasteiger partial charge on any atom is -0.395 e. The average molecular weight is 319 g/mol. The van der Waals surface area contributed by atoms with Crippen molar-refractivity contribution in [3.63, 3.8) is 0 Å². The van der Waals surface area contributed by atoms with Crippen LogP contribution < -0.4 is 0 Å². The molecule has 4 nitrogen and oxygen atoms in total. The molecular weight excluding hydrogens is 306 g/mol. The van der Waals surface area contributed by atoms with Crippen LogP contribution in [0.3, 0.4) is 0 Å². The molecule has 1 heterocycles. The predicted molar refractivity (Wildman–Crippen MR) is 85.6 cm³/mol. The third kappa shape index (κ3) is 4.33. The van der Waals surface area contributed by atoms with Crippen LogP contribution in [0.25, 0.3) is 0 Å². The first-order valence-corrected chi connectivity index (χ1v) is 8.11. The van der Waals surface area contributed by atoms with E-state index >= 15 is 0 Å². The zero-order valence-electron chi connectivity index (χ0n) is 11.1. The molecule has 0 bridgehead atoms. The van der Waals surface area contributed by atoms with Crippen molar-refractivity contribution < 1.29 is 10.0 Å². The summed E-state index contributed by atoms with van der Waals surface area (Å²) < 4.78 is 0. The smallest absolute Gasteiger partial charge is 0.282 e. The highest BCUT2D eigenvalue weighted by Crippen LogP contribution is 2.33. The van der Waals surface area contributed by atoms with E-state index in [-0.39, 0.29) is 17.2 Å². The first-order valence-electron chi connectivity index (χ1n) is 6.24. The molecule has 0 unspecified atom stereocenters. The van der Waals surface area contributed by atoms with E-state index in [1.54, 1.807) is 29.5 Å². The number of benzene rings is 1. The molecule has 0 aliphatic rings. The summed E-state index contributed by atoms with van der Waals surface area (Å²) in [6.45, 7) is 0.0530. The third-order valence-corrected chi connectivity index (χ3v) is 4.82. The maximum absolute atomic E-state index is 11.0. The van der Waals surface area contributed by atoms with Crippen molar-refractivity contribution in [1.82, 2.24) is 0 Å². The number of thiophene rings is 1. The minimum atomic E-state index is -0.362. The van der Waals surface area contributed by atoms with Crippen LogP contribution in [-0.4, -0.2) is 16.6 Å². The van der Waals surface area contributed by atoms with Gasteiger partial charge in [0, 0.05) is 28.7 Å². The molecule has 0 saturated carbocycles. The molecule has 6 heteroatoms. The van der Waals surface area contributed by atoms with Crippen LogP contribution in [0.1, 0.15) is 16.9 Å². The van der Waals surface area contributed by atoms with Crippen molar-refractivity contribution in [3.8, 4) is 11.8 Å². The van der Waals surface area contributed by atoms with Crippen molar-refractivity contribution in [2.24, 2.45) is 0 Å². The summed E-state index contributed by atoms with van der Waals surface area (Å²) in [6, 6.07) is 8.67. The Bertz CT molecular complexity index is 685. The van der Waals surface area contributed by atoms with Crippen molar-refractivity contribution >= 4 is 28.8 Å². The van der Waals surface area contributed by atoms with E-state index in [1.165, 1.54) is 17.8 Å². The zero-order valence-corrected chi connectivity index (χ0v) is 12.7. The van der Waals surface area contributed by atoms with Gasteiger partial charge in [-0.25, -0.2) is 0 Å². The summed E-state index contributed by atoms with van der Waals surface area (Å²) in [5.41, 5.74) is 1.06. The summed E-state index contributed by atoms with van der Waals surface area (Å²) in [7, 11) is 0. The normalized spacial score (nSPS) is 9.95. The SMILES string of the molecule is O=[N+]([O-])c1ccccc1SCc1sccc1C#CCCO. The standard InChI is InChI=1S/C15H13NO3S2/c17-9-4-3-5-12-8-10-20-15(12)11-21-14-7-2-1-6-13(14)16(18)19/h1-2,6-8,10,17H,4,9,11H2. The molecule has 0 atom stereocenters. The molecule has 0 amide bonds. The van der Waals surface area contributed by atoms with Gasteiger partial charge in [0.05, 0.1) is 16.4 Å². The van der Waals surface area contributed by atoms with Crippen molar-refractivity contribution in [1.29, 1.82) is 0 Å². The van der Waals surface area contributed by atoms with E-state index in [4.69, 9.17) is 5.11 Å². The number of aliphatic hydroxyl groups excluding tert-OH is 1. The van der Waals surface area contributed by atoms with Gasteiger partial charge in [-0.2, -0.15) is 0 Å². The highest BCUT2D eigenvalue weighted by Gasteiger charge is 2.13. The highest BCUT2D eigenvalue weighted by molar-refractivity contribution is 7.98. The number of nitro groups is 1. The Hall–Kier alpha value is -1.81. The van der Waals surface area contributed by atoms with Gasteiger partial charge in [0.1, 0.15) is 0 Å². The van der Waals surface area contributed by atoms with Gasteiger partial charge in [-0.1, -0.05) is 24.0 Å². The third-order valence-electron chi connectivity index (χ3n) is 2.63. The first kappa shape index (κ1) is 15.6. The van der Waals surface area contributed by atoms with E-state index in [0.717, 1.165) is 10.4 Å². The number of nitro benzene ring substituents is 1. The Labute approximate surface area is 131 Å².